The zero-order valence-corrected chi connectivity index (χ0v) is 22.5. The topological polar surface area (TPSA) is 84.9 Å². The third kappa shape index (κ3) is 6.40. The van der Waals surface area contributed by atoms with Crippen molar-refractivity contribution in [3.8, 4) is 11.5 Å². The number of hydrogen-bond acceptors (Lipinski definition) is 5. The number of benzene rings is 3. The lowest BCUT2D eigenvalue weighted by molar-refractivity contribution is -0.151. The summed E-state index contributed by atoms with van der Waals surface area (Å²) in [4.78, 5) is 39.1. The van der Waals surface area contributed by atoms with Crippen molar-refractivity contribution < 1.29 is 23.9 Å². The van der Waals surface area contributed by atoms with Gasteiger partial charge in [0.25, 0.3) is 5.91 Å². The number of rotatable bonds is 8. The lowest BCUT2D eigenvalue weighted by Gasteiger charge is -2.18. The van der Waals surface area contributed by atoms with Crippen LogP contribution in [0.3, 0.4) is 0 Å². The van der Waals surface area contributed by atoms with Crippen LogP contribution in [0.2, 0.25) is 0 Å². The molecule has 1 heterocycles. The molecule has 1 atom stereocenters. The second-order valence-corrected chi connectivity index (χ2v) is 10.2. The normalized spacial score (nSPS) is 15.1. The average molecular weight is 515 g/mol. The Labute approximate surface area is 223 Å². The van der Waals surface area contributed by atoms with Gasteiger partial charge in [-0.1, -0.05) is 32.0 Å². The van der Waals surface area contributed by atoms with Gasteiger partial charge < -0.3 is 19.7 Å². The lowest BCUT2D eigenvalue weighted by Crippen LogP contribution is -2.28. The summed E-state index contributed by atoms with van der Waals surface area (Å²) in [5.74, 6) is 0.0219. The summed E-state index contributed by atoms with van der Waals surface area (Å²) in [7, 11) is 0. The van der Waals surface area contributed by atoms with E-state index in [9.17, 15) is 14.4 Å². The van der Waals surface area contributed by atoms with Gasteiger partial charge in [0.1, 0.15) is 11.5 Å². The fourth-order valence-electron chi connectivity index (χ4n) is 4.41. The van der Waals surface area contributed by atoms with E-state index in [0.717, 1.165) is 28.0 Å². The first-order valence-corrected chi connectivity index (χ1v) is 12.8. The Kier molecular flexibility index (Phi) is 8.15. The van der Waals surface area contributed by atoms with Crippen molar-refractivity contribution in [1.29, 1.82) is 0 Å². The van der Waals surface area contributed by atoms with Crippen LogP contribution in [-0.4, -0.2) is 30.9 Å². The lowest BCUT2D eigenvalue weighted by atomic mass is 10.0. The highest BCUT2D eigenvalue weighted by Crippen LogP contribution is 2.33. The molecule has 7 nitrogen and oxygen atoms in total. The average Bonchev–Trinajstić information content (AvgIpc) is 3.27. The monoisotopic (exact) mass is 514 g/mol. The molecule has 1 aliphatic heterocycles. The summed E-state index contributed by atoms with van der Waals surface area (Å²) in [5.41, 5.74) is 5.74. The Morgan fingerprint density at radius 1 is 0.974 bits per heavy atom. The predicted molar refractivity (Wildman–Crippen MR) is 148 cm³/mol. The third-order valence-corrected chi connectivity index (χ3v) is 6.76. The van der Waals surface area contributed by atoms with E-state index in [2.05, 4.69) is 31.3 Å². The highest BCUT2D eigenvalue weighted by atomic mass is 16.5. The molecule has 0 aliphatic carbocycles. The minimum atomic E-state index is -0.631. The van der Waals surface area contributed by atoms with Crippen LogP contribution in [0.1, 0.15) is 48.4 Å². The van der Waals surface area contributed by atoms with Crippen molar-refractivity contribution in [2.75, 3.05) is 23.4 Å². The minimum Gasteiger partial charge on any atom is -0.457 e. The molecule has 3 aromatic carbocycles. The molecule has 3 aromatic rings. The maximum Gasteiger partial charge on any atom is 0.311 e. The summed E-state index contributed by atoms with van der Waals surface area (Å²) in [5, 5.41) is 2.73. The van der Waals surface area contributed by atoms with E-state index in [1.807, 2.05) is 63.2 Å². The van der Waals surface area contributed by atoms with E-state index in [1.54, 1.807) is 11.0 Å². The molecule has 198 valence electrons. The van der Waals surface area contributed by atoms with Crippen LogP contribution in [0.15, 0.2) is 60.7 Å². The fraction of sp³-hybridized carbons (Fsp3) is 0.323. The van der Waals surface area contributed by atoms with E-state index in [0.29, 0.717) is 23.0 Å². The molecule has 38 heavy (non-hydrogen) atoms. The van der Waals surface area contributed by atoms with Crippen molar-refractivity contribution >= 4 is 29.2 Å². The first-order chi connectivity index (χ1) is 18.1. The third-order valence-electron chi connectivity index (χ3n) is 6.76. The number of carbonyl (C=O) groups is 3. The van der Waals surface area contributed by atoms with Crippen molar-refractivity contribution in [2.45, 2.75) is 47.0 Å². The van der Waals surface area contributed by atoms with E-state index in [1.165, 1.54) is 0 Å². The molecule has 7 heteroatoms. The maximum atomic E-state index is 12.7. The number of carbonyl (C=O) groups excluding carboxylic acids is 3. The van der Waals surface area contributed by atoms with Crippen molar-refractivity contribution in [2.24, 2.45) is 5.92 Å². The maximum absolute atomic E-state index is 12.7. The van der Waals surface area contributed by atoms with E-state index in [4.69, 9.17) is 9.47 Å². The smallest absolute Gasteiger partial charge is 0.311 e. The van der Waals surface area contributed by atoms with E-state index >= 15 is 0 Å². The zero-order chi connectivity index (χ0) is 27.4. The Morgan fingerprint density at radius 3 is 2.39 bits per heavy atom. The molecule has 1 saturated heterocycles. The first kappa shape index (κ1) is 26.9. The first-order valence-electron chi connectivity index (χ1n) is 12.8. The molecule has 1 fully saturated rings. The molecule has 0 spiro atoms. The van der Waals surface area contributed by atoms with Crippen LogP contribution in [-0.2, 0) is 19.1 Å². The van der Waals surface area contributed by atoms with Crippen LogP contribution in [0.4, 0.5) is 11.4 Å². The number of aryl methyl sites for hydroxylation is 3. The van der Waals surface area contributed by atoms with Crippen molar-refractivity contribution in [3.63, 3.8) is 0 Å². The van der Waals surface area contributed by atoms with Gasteiger partial charge in [-0.2, -0.15) is 0 Å². The second kappa shape index (κ2) is 11.5. The van der Waals surface area contributed by atoms with E-state index < -0.39 is 24.4 Å². The summed E-state index contributed by atoms with van der Waals surface area (Å²) in [6.07, 6.45) is 0.0386. The molecule has 4 rings (SSSR count). The summed E-state index contributed by atoms with van der Waals surface area (Å²) >= 11 is 0. The Bertz CT molecular complexity index is 1350. The Hall–Kier alpha value is -4.13. The van der Waals surface area contributed by atoms with Gasteiger partial charge in [-0.25, -0.2) is 0 Å². The molecule has 0 radical (unpaired) electrons. The van der Waals surface area contributed by atoms with Gasteiger partial charge in [0.05, 0.1) is 5.92 Å². The van der Waals surface area contributed by atoms with Crippen LogP contribution < -0.4 is 15.0 Å². The van der Waals surface area contributed by atoms with Crippen LogP contribution >= 0.6 is 0 Å². The Morgan fingerprint density at radius 2 is 1.71 bits per heavy atom. The minimum absolute atomic E-state index is 0.0386. The number of amides is 2. The quantitative estimate of drug-likeness (QED) is 0.369. The number of nitrogens with one attached hydrogen (secondary N) is 1. The van der Waals surface area contributed by atoms with Gasteiger partial charge in [-0.3, -0.25) is 14.4 Å². The van der Waals surface area contributed by atoms with Gasteiger partial charge in [0.15, 0.2) is 6.61 Å². The highest BCUT2D eigenvalue weighted by Gasteiger charge is 2.36. The predicted octanol–water partition coefficient (Wildman–Crippen LogP) is 6.06. The summed E-state index contributed by atoms with van der Waals surface area (Å²) < 4.78 is 11.4. The summed E-state index contributed by atoms with van der Waals surface area (Å²) in [6.45, 7) is 10.0. The van der Waals surface area contributed by atoms with Gasteiger partial charge in [0, 0.05) is 24.3 Å². The molecular formula is C31H34N2O5. The van der Waals surface area contributed by atoms with Gasteiger partial charge in [-0.05, 0) is 91.4 Å². The molecular weight excluding hydrogens is 480 g/mol. The highest BCUT2D eigenvalue weighted by molar-refractivity contribution is 6.00. The molecule has 0 saturated carbocycles. The van der Waals surface area contributed by atoms with Crippen molar-refractivity contribution in [3.05, 3.63) is 82.9 Å². The standard InChI is InChI=1S/C31H34N2O5/c1-19(2)27-13-6-20(3)14-28(27)38-26-11-9-25(10-12-26)33-17-23(16-30(33)35)31(36)37-18-29(34)32-24-8-7-21(4)22(5)15-24/h6-15,19,23H,16-18H2,1-5H3,(H,32,34)/t23-/m1/s1. The number of nitrogens with zero attached hydrogens (tertiary/aromatic N) is 1. The second-order valence-electron chi connectivity index (χ2n) is 10.2. The number of anilines is 2. The molecule has 1 aliphatic rings. The molecule has 0 bridgehead atoms. The number of hydrogen-bond donors (Lipinski definition) is 1. The molecule has 1 N–H and O–H groups in total. The van der Waals surface area contributed by atoms with Gasteiger partial charge in [0.2, 0.25) is 5.91 Å². The van der Waals surface area contributed by atoms with Crippen LogP contribution in [0.5, 0.6) is 11.5 Å². The van der Waals surface area contributed by atoms with Crippen molar-refractivity contribution in [1.82, 2.24) is 0 Å². The van der Waals surface area contributed by atoms with Crippen LogP contribution in [0, 0.1) is 26.7 Å². The number of esters is 1. The van der Waals surface area contributed by atoms with Crippen LogP contribution in [0.25, 0.3) is 0 Å². The largest absolute Gasteiger partial charge is 0.457 e. The van der Waals surface area contributed by atoms with E-state index in [-0.39, 0.29) is 18.9 Å². The fourth-order valence-corrected chi connectivity index (χ4v) is 4.41. The SMILES string of the molecule is Cc1ccc(C(C)C)c(Oc2ccc(N3C[C@H](C(=O)OCC(=O)Nc4ccc(C)c(C)c4)CC3=O)cc2)c1. The molecule has 0 unspecified atom stereocenters. The molecule has 0 aromatic heterocycles. The Balaban J connectivity index is 1.32. The zero-order valence-electron chi connectivity index (χ0n) is 22.5. The molecule has 2 amide bonds. The van der Waals surface area contributed by atoms with Gasteiger partial charge >= 0.3 is 5.97 Å². The number of ether oxygens (including phenoxy) is 2. The van der Waals surface area contributed by atoms with Gasteiger partial charge in [-0.15, -0.1) is 0 Å². The summed E-state index contributed by atoms with van der Waals surface area (Å²) in [6, 6.07) is 19.0.